The van der Waals surface area contributed by atoms with Crippen molar-refractivity contribution in [2.24, 2.45) is 0 Å². The van der Waals surface area contributed by atoms with Crippen LogP contribution in [0.15, 0.2) is 211 Å². The van der Waals surface area contributed by atoms with Gasteiger partial charge >= 0.3 is 0 Å². The van der Waals surface area contributed by atoms with E-state index in [2.05, 4.69) is 210 Å². The predicted molar refractivity (Wildman–Crippen MR) is 231 cm³/mol. The van der Waals surface area contributed by atoms with E-state index in [4.69, 9.17) is 4.42 Å². The van der Waals surface area contributed by atoms with E-state index in [1.165, 1.54) is 38.2 Å². The fraction of sp³-hybridized carbons (Fsp3) is 0. The van der Waals surface area contributed by atoms with Crippen LogP contribution >= 0.6 is 0 Å². The summed E-state index contributed by atoms with van der Waals surface area (Å²) in [5.41, 5.74) is 13.1. The van der Waals surface area contributed by atoms with Gasteiger partial charge in [0.1, 0.15) is 11.2 Å². The quantitative estimate of drug-likeness (QED) is 0.172. The van der Waals surface area contributed by atoms with E-state index in [1.54, 1.807) is 0 Å². The van der Waals surface area contributed by atoms with Crippen molar-refractivity contribution < 1.29 is 4.42 Å². The molecule has 0 unspecified atom stereocenters. The molecule has 0 aliphatic heterocycles. The molecule has 0 saturated heterocycles. The molecule has 11 rings (SSSR count). The van der Waals surface area contributed by atoms with E-state index >= 15 is 0 Å². The molecule has 9 aromatic carbocycles. The summed E-state index contributed by atoms with van der Waals surface area (Å²) in [6.07, 6.45) is 0. The Balaban J connectivity index is 1.16. The van der Waals surface area contributed by atoms with Crippen molar-refractivity contribution in [1.29, 1.82) is 0 Å². The smallest absolute Gasteiger partial charge is 0.143 e. The van der Waals surface area contributed by atoms with Crippen LogP contribution in [0, 0.1) is 0 Å². The molecule has 0 saturated carbocycles. The molecule has 11 aromatic rings. The lowest BCUT2D eigenvalue weighted by atomic mass is 9.95. The standard InChI is InChI=1S/C52H34N2O/c1-3-15-35(16-4-1)37-18-13-21-41(33-37)53(48-27-14-25-45-43-23-9-11-26-47(43)54(51(45)48)39-19-5-2-6-20-39)40-31-29-36(30-32-40)50-42-22-8-7-17-38(42)34-46-44-24-10-12-28-49(44)55-52(46)50/h1-34H. The average Bonchev–Trinajstić information content (AvgIpc) is 3.80. The summed E-state index contributed by atoms with van der Waals surface area (Å²) in [5, 5.41) is 7.07. The highest BCUT2D eigenvalue weighted by molar-refractivity contribution is 6.18. The first kappa shape index (κ1) is 31.2. The van der Waals surface area contributed by atoms with Gasteiger partial charge in [0.05, 0.1) is 16.7 Å². The van der Waals surface area contributed by atoms with Crippen LogP contribution in [0.25, 0.3) is 82.5 Å². The Labute approximate surface area is 318 Å². The van der Waals surface area contributed by atoms with Crippen molar-refractivity contribution in [3.63, 3.8) is 0 Å². The van der Waals surface area contributed by atoms with Gasteiger partial charge in [0.15, 0.2) is 0 Å². The van der Waals surface area contributed by atoms with Gasteiger partial charge in [0.25, 0.3) is 0 Å². The molecular formula is C52H34N2O. The topological polar surface area (TPSA) is 21.3 Å². The van der Waals surface area contributed by atoms with E-state index < -0.39 is 0 Å². The van der Waals surface area contributed by atoms with Gasteiger partial charge in [-0.15, -0.1) is 0 Å². The molecule has 2 aromatic heterocycles. The molecule has 0 radical (unpaired) electrons. The highest BCUT2D eigenvalue weighted by Crippen LogP contribution is 2.46. The van der Waals surface area contributed by atoms with E-state index in [0.29, 0.717) is 0 Å². The molecule has 0 spiro atoms. The van der Waals surface area contributed by atoms with Gasteiger partial charge in [-0.2, -0.15) is 0 Å². The number of anilines is 3. The second-order valence-electron chi connectivity index (χ2n) is 14.1. The van der Waals surface area contributed by atoms with Gasteiger partial charge in [0.2, 0.25) is 0 Å². The lowest BCUT2D eigenvalue weighted by Crippen LogP contribution is -2.12. The predicted octanol–water partition coefficient (Wildman–Crippen LogP) is 14.6. The molecule has 0 bridgehead atoms. The first-order valence-electron chi connectivity index (χ1n) is 18.8. The van der Waals surface area contributed by atoms with Crippen LogP contribution in [0.2, 0.25) is 0 Å². The molecular weight excluding hydrogens is 669 g/mol. The minimum atomic E-state index is 0.900. The summed E-state index contributed by atoms with van der Waals surface area (Å²) in [5.74, 6) is 0. The van der Waals surface area contributed by atoms with Gasteiger partial charge in [-0.1, -0.05) is 146 Å². The number of nitrogens with zero attached hydrogens (tertiary/aromatic N) is 2. The minimum Gasteiger partial charge on any atom is -0.455 e. The average molecular weight is 703 g/mol. The van der Waals surface area contributed by atoms with Crippen LogP contribution in [0.5, 0.6) is 0 Å². The molecule has 0 aliphatic carbocycles. The molecule has 258 valence electrons. The minimum absolute atomic E-state index is 0.900. The van der Waals surface area contributed by atoms with E-state index in [1.807, 2.05) is 6.07 Å². The van der Waals surface area contributed by atoms with Crippen LogP contribution in [0.3, 0.4) is 0 Å². The van der Waals surface area contributed by atoms with Crippen molar-refractivity contribution >= 4 is 71.6 Å². The van der Waals surface area contributed by atoms with E-state index in [-0.39, 0.29) is 0 Å². The van der Waals surface area contributed by atoms with Crippen LogP contribution in [0.4, 0.5) is 17.1 Å². The number of hydrogen-bond acceptors (Lipinski definition) is 2. The number of para-hydroxylation sites is 4. The molecule has 0 amide bonds. The summed E-state index contributed by atoms with van der Waals surface area (Å²) in [7, 11) is 0. The van der Waals surface area contributed by atoms with Crippen molar-refractivity contribution in [2.75, 3.05) is 4.90 Å². The monoisotopic (exact) mass is 702 g/mol. The zero-order valence-electron chi connectivity index (χ0n) is 29.9. The van der Waals surface area contributed by atoms with Crippen molar-refractivity contribution in [3.05, 3.63) is 206 Å². The van der Waals surface area contributed by atoms with Gasteiger partial charge in [-0.3, -0.25) is 0 Å². The molecule has 0 N–H and O–H groups in total. The molecule has 2 heterocycles. The zero-order valence-corrected chi connectivity index (χ0v) is 29.9. The number of furan rings is 1. The fourth-order valence-electron chi connectivity index (χ4n) is 8.50. The number of hydrogen-bond donors (Lipinski definition) is 0. The summed E-state index contributed by atoms with van der Waals surface area (Å²) in [6, 6.07) is 73.9. The van der Waals surface area contributed by atoms with E-state index in [0.717, 1.165) is 61.3 Å². The molecule has 0 aliphatic rings. The second-order valence-corrected chi connectivity index (χ2v) is 14.1. The molecule has 0 fully saturated rings. The Kier molecular flexibility index (Phi) is 7.17. The largest absolute Gasteiger partial charge is 0.455 e. The summed E-state index contributed by atoms with van der Waals surface area (Å²) in [4.78, 5) is 2.41. The Morgan fingerprint density at radius 3 is 1.89 bits per heavy atom. The normalized spacial score (nSPS) is 11.6. The maximum atomic E-state index is 6.64. The second kappa shape index (κ2) is 12.6. The summed E-state index contributed by atoms with van der Waals surface area (Å²) >= 11 is 0. The third kappa shape index (κ3) is 5.05. The maximum absolute atomic E-state index is 6.64. The van der Waals surface area contributed by atoms with Gasteiger partial charge in [-0.05, 0) is 88.1 Å². The molecule has 0 atom stereocenters. The van der Waals surface area contributed by atoms with Crippen LogP contribution in [-0.2, 0) is 0 Å². The van der Waals surface area contributed by atoms with Crippen LogP contribution in [-0.4, -0.2) is 4.57 Å². The third-order valence-electron chi connectivity index (χ3n) is 10.9. The lowest BCUT2D eigenvalue weighted by Gasteiger charge is -2.28. The first-order valence-corrected chi connectivity index (χ1v) is 18.8. The molecule has 55 heavy (non-hydrogen) atoms. The SMILES string of the molecule is c1ccc(-c2cccc(N(c3ccc(-c4c5ccccc5cc5c4oc4ccccc45)cc3)c3cccc4c5ccccc5n(-c5ccccc5)c34)c2)cc1. The van der Waals surface area contributed by atoms with Crippen molar-refractivity contribution in [2.45, 2.75) is 0 Å². The maximum Gasteiger partial charge on any atom is 0.143 e. The van der Waals surface area contributed by atoms with Crippen molar-refractivity contribution in [1.82, 2.24) is 4.57 Å². The number of rotatable bonds is 6. The van der Waals surface area contributed by atoms with Gasteiger partial charge < -0.3 is 13.9 Å². The lowest BCUT2D eigenvalue weighted by molar-refractivity contribution is 0.670. The fourth-order valence-corrected chi connectivity index (χ4v) is 8.50. The summed E-state index contributed by atoms with van der Waals surface area (Å²) in [6.45, 7) is 0. The molecule has 3 nitrogen and oxygen atoms in total. The van der Waals surface area contributed by atoms with Gasteiger partial charge in [0, 0.05) is 44.2 Å². The molecule has 3 heteroatoms. The Hall–Kier alpha value is -7.36. The van der Waals surface area contributed by atoms with Crippen molar-refractivity contribution in [3.8, 4) is 27.9 Å². The zero-order chi connectivity index (χ0) is 36.3. The van der Waals surface area contributed by atoms with Gasteiger partial charge in [-0.25, -0.2) is 0 Å². The summed E-state index contributed by atoms with van der Waals surface area (Å²) < 4.78 is 9.05. The Bertz CT molecular complexity index is 3190. The Morgan fingerprint density at radius 1 is 0.400 bits per heavy atom. The number of fused-ring (bicyclic) bond motifs is 7. The number of benzene rings is 9. The number of aromatic nitrogens is 1. The first-order chi connectivity index (χ1) is 27.3. The van der Waals surface area contributed by atoms with Crippen LogP contribution < -0.4 is 4.90 Å². The third-order valence-corrected chi connectivity index (χ3v) is 10.9. The van der Waals surface area contributed by atoms with Crippen LogP contribution in [0.1, 0.15) is 0 Å². The highest BCUT2D eigenvalue weighted by Gasteiger charge is 2.23. The Morgan fingerprint density at radius 2 is 1.05 bits per heavy atom. The van der Waals surface area contributed by atoms with E-state index in [9.17, 15) is 0 Å². The highest BCUT2D eigenvalue weighted by atomic mass is 16.3.